The number of carboxylic acid groups (broad SMARTS) is 1. The van der Waals surface area contributed by atoms with Gasteiger partial charge in [-0.1, -0.05) is 53.3 Å². The van der Waals surface area contributed by atoms with Gasteiger partial charge >= 0.3 is 6.09 Å². The van der Waals surface area contributed by atoms with Crippen molar-refractivity contribution in [2.24, 2.45) is 0 Å². The summed E-state index contributed by atoms with van der Waals surface area (Å²) in [5, 5.41) is 12.0. The lowest BCUT2D eigenvalue weighted by Crippen LogP contribution is -2.06. The molecule has 0 unspecified atom stereocenters. The Labute approximate surface area is 123 Å². The third-order valence-electron chi connectivity index (χ3n) is 2.79. The van der Waals surface area contributed by atoms with Crippen LogP contribution in [0, 0.1) is 0 Å². The zero-order valence-electron chi connectivity index (χ0n) is 10.1. The van der Waals surface area contributed by atoms with E-state index in [0.29, 0.717) is 10.2 Å². The van der Waals surface area contributed by atoms with Crippen molar-refractivity contribution in [2.75, 3.05) is 5.32 Å². The van der Waals surface area contributed by atoms with Gasteiger partial charge in [0.1, 0.15) is 0 Å². The van der Waals surface area contributed by atoms with E-state index in [-0.39, 0.29) is 0 Å². The number of hydrogen-bond donors (Lipinski definition) is 2. The van der Waals surface area contributed by atoms with Crippen LogP contribution in [0.1, 0.15) is 0 Å². The SMILES string of the molecule is O=C(O)Nc1nc2cccc(-c3ccccc3Cl)c2s1. The predicted molar refractivity (Wildman–Crippen MR) is 81.7 cm³/mol. The normalized spacial score (nSPS) is 10.7. The minimum absolute atomic E-state index is 0.354. The van der Waals surface area contributed by atoms with Gasteiger partial charge in [0.25, 0.3) is 0 Å². The molecule has 3 rings (SSSR count). The van der Waals surface area contributed by atoms with Crippen molar-refractivity contribution in [3.05, 3.63) is 47.5 Å². The largest absolute Gasteiger partial charge is 0.465 e. The molecule has 0 aliphatic rings. The van der Waals surface area contributed by atoms with Crippen molar-refractivity contribution in [3.63, 3.8) is 0 Å². The first-order valence-corrected chi connectivity index (χ1v) is 6.99. The van der Waals surface area contributed by atoms with Gasteiger partial charge in [-0.3, -0.25) is 5.32 Å². The predicted octanol–water partition coefficient (Wildman–Crippen LogP) is 4.71. The van der Waals surface area contributed by atoms with Gasteiger partial charge in [0.05, 0.1) is 10.2 Å². The van der Waals surface area contributed by atoms with Gasteiger partial charge < -0.3 is 5.11 Å². The molecule has 0 aliphatic heterocycles. The summed E-state index contributed by atoms with van der Waals surface area (Å²) in [4.78, 5) is 14.9. The van der Waals surface area contributed by atoms with Crippen molar-refractivity contribution < 1.29 is 9.90 Å². The zero-order chi connectivity index (χ0) is 14.1. The summed E-state index contributed by atoms with van der Waals surface area (Å²) in [6, 6.07) is 13.2. The topological polar surface area (TPSA) is 62.2 Å². The Hall–Kier alpha value is -2.11. The van der Waals surface area contributed by atoms with E-state index in [0.717, 1.165) is 21.3 Å². The van der Waals surface area contributed by atoms with Gasteiger partial charge in [0.15, 0.2) is 5.13 Å². The van der Waals surface area contributed by atoms with E-state index in [2.05, 4.69) is 10.3 Å². The van der Waals surface area contributed by atoms with Gasteiger partial charge in [0.2, 0.25) is 0 Å². The highest BCUT2D eigenvalue weighted by molar-refractivity contribution is 7.22. The fourth-order valence-electron chi connectivity index (χ4n) is 1.99. The molecule has 0 saturated heterocycles. The maximum absolute atomic E-state index is 10.7. The molecule has 100 valence electrons. The van der Waals surface area contributed by atoms with Crippen LogP contribution < -0.4 is 5.32 Å². The second-order valence-corrected chi connectivity index (χ2v) is 5.49. The van der Waals surface area contributed by atoms with Gasteiger partial charge in [-0.05, 0) is 12.1 Å². The van der Waals surface area contributed by atoms with Crippen LogP contribution in [-0.4, -0.2) is 16.2 Å². The number of hydrogen-bond acceptors (Lipinski definition) is 3. The highest BCUT2D eigenvalue weighted by Crippen LogP contribution is 2.37. The Bertz CT molecular complexity index is 801. The summed E-state index contributed by atoms with van der Waals surface area (Å²) in [6.07, 6.45) is -1.12. The number of nitrogens with one attached hydrogen (secondary N) is 1. The van der Waals surface area contributed by atoms with Gasteiger partial charge in [-0.15, -0.1) is 0 Å². The fourth-order valence-corrected chi connectivity index (χ4v) is 3.21. The van der Waals surface area contributed by atoms with Crippen molar-refractivity contribution in [1.82, 2.24) is 4.98 Å². The highest BCUT2D eigenvalue weighted by Gasteiger charge is 2.12. The quantitative estimate of drug-likeness (QED) is 0.721. The molecule has 6 heteroatoms. The Morgan fingerprint density at radius 3 is 2.65 bits per heavy atom. The molecule has 20 heavy (non-hydrogen) atoms. The van der Waals surface area contributed by atoms with E-state index in [1.807, 2.05) is 42.5 Å². The first kappa shape index (κ1) is 12.9. The van der Waals surface area contributed by atoms with Crippen LogP contribution in [0.4, 0.5) is 9.93 Å². The number of amides is 1. The summed E-state index contributed by atoms with van der Waals surface area (Å²) in [6.45, 7) is 0. The monoisotopic (exact) mass is 304 g/mol. The minimum Gasteiger partial charge on any atom is -0.465 e. The molecular formula is C14H9ClN2O2S. The molecule has 0 bridgehead atoms. The molecule has 1 amide bonds. The van der Waals surface area contributed by atoms with Crippen molar-refractivity contribution >= 4 is 44.4 Å². The number of nitrogens with zero attached hydrogens (tertiary/aromatic N) is 1. The van der Waals surface area contributed by atoms with E-state index < -0.39 is 6.09 Å². The smallest absolute Gasteiger partial charge is 0.410 e. The number of aromatic nitrogens is 1. The standard InChI is InChI=1S/C14H9ClN2O2S/c15-10-6-2-1-4-8(10)9-5-3-7-11-12(9)20-13(16-11)17-14(18)19/h1-7H,(H,16,17)(H,18,19). The molecule has 0 saturated carbocycles. The van der Waals surface area contributed by atoms with Crippen molar-refractivity contribution in [1.29, 1.82) is 0 Å². The summed E-state index contributed by atoms with van der Waals surface area (Å²) in [7, 11) is 0. The summed E-state index contributed by atoms with van der Waals surface area (Å²) >= 11 is 7.52. The Balaban J connectivity index is 2.19. The van der Waals surface area contributed by atoms with Crippen LogP contribution in [0.5, 0.6) is 0 Å². The summed E-state index contributed by atoms with van der Waals surface area (Å²) in [5.41, 5.74) is 2.60. The Kier molecular flexibility index (Phi) is 3.30. The lowest BCUT2D eigenvalue weighted by molar-refractivity contribution is 0.210. The molecule has 1 aromatic heterocycles. The van der Waals surface area contributed by atoms with E-state index in [1.54, 1.807) is 0 Å². The molecule has 2 N–H and O–H groups in total. The lowest BCUT2D eigenvalue weighted by Gasteiger charge is -2.04. The van der Waals surface area contributed by atoms with Gasteiger partial charge in [0, 0.05) is 16.1 Å². The lowest BCUT2D eigenvalue weighted by atomic mass is 10.1. The number of rotatable bonds is 2. The number of anilines is 1. The van der Waals surface area contributed by atoms with Crippen LogP contribution in [0.25, 0.3) is 21.3 Å². The van der Waals surface area contributed by atoms with Crippen LogP contribution in [-0.2, 0) is 0 Å². The maximum atomic E-state index is 10.7. The number of benzene rings is 2. The third-order valence-corrected chi connectivity index (χ3v) is 4.14. The van der Waals surface area contributed by atoms with Crippen LogP contribution in [0.3, 0.4) is 0 Å². The van der Waals surface area contributed by atoms with Crippen LogP contribution in [0.15, 0.2) is 42.5 Å². The highest BCUT2D eigenvalue weighted by atomic mass is 35.5. The summed E-state index contributed by atoms with van der Waals surface area (Å²) in [5.74, 6) is 0. The molecule has 1 heterocycles. The Morgan fingerprint density at radius 1 is 1.15 bits per heavy atom. The average molecular weight is 305 g/mol. The molecule has 0 aliphatic carbocycles. The first-order valence-electron chi connectivity index (χ1n) is 5.79. The molecule has 2 aromatic carbocycles. The van der Waals surface area contributed by atoms with Crippen LogP contribution >= 0.6 is 22.9 Å². The maximum Gasteiger partial charge on any atom is 0.410 e. The molecule has 0 fully saturated rings. The van der Waals surface area contributed by atoms with Crippen molar-refractivity contribution in [3.8, 4) is 11.1 Å². The molecular weight excluding hydrogens is 296 g/mol. The number of fused-ring (bicyclic) bond motifs is 1. The molecule has 0 atom stereocenters. The summed E-state index contributed by atoms with van der Waals surface area (Å²) < 4.78 is 0.907. The van der Waals surface area contributed by atoms with E-state index >= 15 is 0 Å². The van der Waals surface area contributed by atoms with Gasteiger partial charge in [-0.2, -0.15) is 0 Å². The van der Waals surface area contributed by atoms with E-state index in [9.17, 15) is 4.79 Å². The zero-order valence-corrected chi connectivity index (χ0v) is 11.7. The third kappa shape index (κ3) is 2.33. The Morgan fingerprint density at radius 2 is 1.90 bits per heavy atom. The second kappa shape index (κ2) is 5.11. The van der Waals surface area contributed by atoms with E-state index in [4.69, 9.17) is 16.7 Å². The molecule has 0 spiro atoms. The number of thiazole rings is 1. The van der Waals surface area contributed by atoms with E-state index in [1.165, 1.54) is 11.3 Å². The van der Waals surface area contributed by atoms with Gasteiger partial charge in [-0.25, -0.2) is 9.78 Å². The first-order chi connectivity index (χ1) is 9.65. The fraction of sp³-hybridized carbons (Fsp3) is 0. The average Bonchev–Trinajstić information content (AvgIpc) is 2.80. The van der Waals surface area contributed by atoms with Crippen LogP contribution in [0.2, 0.25) is 5.02 Å². The second-order valence-electron chi connectivity index (χ2n) is 4.08. The molecule has 4 nitrogen and oxygen atoms in total. The molecule has 3 aromatic rings. The molecule has 0 radical (unpaired) electrons. The number of halogens is 1. The number of carbonyl (C=O) groups is 1. The van der Waals surface area contributed by atoms with Crippen molar-refractivity contribution in [2.45, 2.75) is 0 Å². The minimum atomic E-state index is -1.12.